The van der Waals surface area contributed by atoms with Gasteiger partial charge in [0.05, 0.1) is 16.7 Å². The van der Waals surface area contributed by atoms with E-state index < -0.39 is 0 Å². The zero-order valence-electron chi connectivity index (χ0n) is 11.1. The molecule has 2 heterocycles. The summed E-state index contributed by atoms with van der Waals surface area (Å²) in [6, 6.07) is 13.8. The van der Waals surface area contributed by atoms with Crippen molar-refractivity contribution in [3.8, 4) is 11.3 Å². The van der Waals surface area contributed by atoms with Crippen LogP contribution in [0.4, 0.5) is 0 Å². The molecule has 1 unspecified atom stereocenters. The number of thiazole rings is 1. The number of nitrogens with two attached hydrogens (primary N) is 1. The number of furan rings is 1. The lowest BCUT2D eigenvalue weighted by atomic mass is 10.1. The topological polar surface area (TPSA) is 64.1 Å². The lowest BCUT2D eigenvalue weighted by molar-refractivity contribution is 0.404. The predicted octanol–water partition coefficient (Wildman–Crippen LogP) is 3.91. The van der Waals surface area contributed by atoms with Crippen LogP contribution in [0.1, 0.15) is 16.8 Å². The summed E-state index contributed by atoms with van der Waals surface area (Å²) in [6.07, 6.45) is 0.688. The molecule has 1 atom stereocenters. The zero-order valence-corrected chi connectivity index (χ0v) is 13.5. The third-order valence-electron chi connectivity index (χ3n) is 3.14. The Kier molecular flexibility index (Phi) is 4.50. The van der Waals surface area contributed by atoms with Crippen LogP contribution < -0.4 is 11.3 Å². The summed E-state index contributed by atoms with van der Waals surface area (Å²) in [4.78, 5) is 4.67. The average molecular weight is 364 g/mol. The first-order chi connectivity index (χ1) is 10.3. The Labute approximate surface area is 135 Å². The zero-order chi connectivity index (χ0) is 14.7. The van der Waals surface area contributed by atoms with Gasteiger partial charge in [0.25, 0.3) is 0 Å². The molecule has 1 aromatic carbocycles. The number of halogens is 1. The van der Waals surface area contributed by atoms with Crippen LogP contribution in [0.15, 0.2) is 56.9 Å². The van der Waals surface area contributed by atoms with Gasteiger partial charge in [0.1, 0.15) is 5.76 Å². The Morgan fingerprint density at radius 2 is 2.05 bits per heavy atom. The predicted molar refractivity (Wildman–Crippen MR) is 87.7 cm³/mol. The number of nitrogens with one attached hydrogen (secondary N) is 1. The molecule has 0 radical (unpaired) electrons. The third-order valence-corrected chi connectivity index (χ3v) is 4.44. The van der Waals surface area contributed by atoms with Gasteiger partial charge in [-0.2, -0.15) is 0 Å². The minimum atomic E-state index is -0.0916. The van der Waals surface area contributed by atoms with E-state index >= 15 is 0 Å². The van der Waals surface area contributed by atoms with E-state index in [4.69, 9.17) is 10.3 Å². The molecule has 0 saturated heterocycles. The molecule has 0 aliphatic heterocycles. The van der Waals surface area contributed by atoms with Crippen molar-refractivity contribution in [1.29, 1.82) is 0 Å². The first-order valence-electron chi connectivity index (χ1n) is 6.47. The first kappa shape index (κ1) is 14.5. The van der Waals surface area contributed by atoms with Gasteiger partial charge in [0.2, 0.25) is 0 Å². The Balaban J connectivity index is 1.77. The standard InChI is InChI=1S/C15H14BrN3OS/c16-14-7-6-13(20-14)11(19-17)8-15-18-12(9-21-15)10-4-2-1-3-5-10/h1-7,9,11,19H,8,17H2. The third kappa shape index (κ3) is 3.41. The highest BCUT2D eigenvalue weighted by Crippen LogP contribution is 2.27. The quantitative estimate of drug-likeness (QED) is 0.532. The second-order valence-electron chi connectivity index (χ2n) is 4.56. The molecule has 0 fully saturated rings. The largest absolute Gasteiger partial charge is 0.453 e. The maximum Gasteiger partial charge on any atom is 0.169 e. The lowest BCUT2D eigenvalue weighted by Gasteiger charge is -2.11. The van der Waals surface area contributed by atoms with Crippen LogP contribution in [-0.4, -0.2) is 4.98 Å². The van der Waals surface area contributed by atoms with Crippen LogP contribution in [0.2, 0.25) is 0 Å². The van der Waals surface area contributed by atoms with E-state index in [-0.39, 0.29) is 6.04 Å². The van der Waals surface area contributed by atoms with Crippen molar-refractivity contribution in [2.45, 2.75) is 12.5 Å². The molecule has 3 N–H and O–H groups in total. The second kappa shape index (κ2) is 6.53. The number of rotatable bonds is 5. The van der Waals surface area contributed by atoms with Crippen molar-refractivity contribution in [3.63, 3.8) is 0 Å². The van der Waals surface area contributed by atoms with Crippen molar-refractivity contribution in [3.05, 3.63) is 63.3 Å². The molecule has 0 aliphatic rings. The van der Waals surface area contributed by atoms with E-state index in [1.54, 1.807) is 11.3 Å². The number of hydrazine groups is 1. The number of benzene rings is 1. The van der Waals surface area contributed by atoms with Crippen molar-refractivity contribution >= 4 is 27.3 Å². The summed E-state index contributed by atoms with van der Waals surface area (Å²) in [5.41, 5.74) is 4.90. The van der Waals surface area contributed by atoms with Gasteiger partial charge in [-0.3, -0.25) is 5.84 Å². The Hall–Kier alpha value is -1.47. The fourth-order valence-corrected chi connectivity index (χ4v) is 3.25. The smallest absolute Gasteiger partial charge is 0.169 e. The van der Waals surface area contributed by atoms with Crippen LogP contribution >= 0.6 is 27.3 Å². The lowest BCUT2D eigenvalue weighted by Crippen LogP contribution is -2.29. The maximum atomic E-state index is 5.63. The van der Waals surface area contributed by atoms with E-state index in [1.807, 2.05) is 30.3 Å². The second-order valence-corrected chi connectivity index (χ2v) is 6.28. The van der Waals surface area contributed by atoms with Crippen molar-refractivity contribution in [2.75, 3.05) is 0 Å². The summed E-state index contributed by atoms with van der Waals surface area (Å²) >= 11 is 4.93. The Bertz CT molecular complexity index is 711. The normalized spacial score (nSPS) is 12.5. The molecule has 6 heteroatoms. The number of hydrogen-bond acceptors (Lipinski definition) is 5. The summed E-state index contributed by atoms with van der Waals surface area (Å²) in [5, 5.41) is 3.08. The molecule has 2 aromatic heterocycles. The molecule has 0 amide bonds. The number of hydrogen-bond donors (Lipinski definition) is 2. The van der Waals surface area contributed by atoms with E-state index in [9.17, 15) is 0 Å². The fraction of sp³-hybridized carbons (Fsp3) is 0.133. The van der Waals surface area contributed by atoms with Gasteiger partial charge >= 0.3 is 0 Å². The summed E-state index contributed by atoms with van der Waals surface area (Å²) in [7, 11) is 0. The highest BCUT2D eigenvalue weighted by Gasteiger charge is 2.16. The molecule has 0 saturated carbocycles. The van der Waals surface area contributed by atoms with Gasteiger partial charge < -0.3 is 4.42 Å². The van der Waals surface area contributed by atoms with Crippen molar-refractivity contribution in [1.82, 2.24) is 10.4 Å². The SMILES string of the molecule is NNC(Cc1nc(-c2ccccc2)cs1)c1ccc(Br)o1. The summed E-state index contributed by atoms with van der Waals surface area (Å²) in [6.45, 7) is 0. The average Bonchev–Trinajstić information content (AvgIpc) is 3.15. The van der Waals surface area contributed by atoms with Gasteiger partial charge in [0, 0.05) is 17.4 Å². The molecular formula is C15H14BrN3OS. The molecule has 4 nitrogen and oxygen atoms in total. The molecule has 21 heavy (non-hydrogen) atoms. The molecule has 0 aliphatic carbocycles. The molecule has 0 bridgehead atoms. The molecule has 108 valence electrons. The van der Waals surface area contributed by atoms with E-state index in [2.05, 4.69) is 43.9 Å². The highest BCUT2D eigenvalue weighted by atomic mass is 79.9. The summed E-state index contributed by atoms with van der Waals surface area (Å²) < 4.78 is 6.25. The van der Waals surface area contributed by atoms with Crippen LogP contribution in [0, 0.1) is 0 Å². The van der Waals surface area contributed by atoms with Crippen LogP contribution in [0.3, 0.4) is 0 Å². The Morgan fingerprint density at radius 1 is 1.24 bits per heavy atom. The van der Waals surface area contributed by atoms with Crippen molar-refractivity contribution < 1.29 is 4.42 Å². The van der Waals surface area contributed by atoms with Gasteiger partial charge in [-0.1, -0.05) is 30.3 Å². The fourth-order valence-electron chi connectivity index (χ4n) is 2.08. The number of nitrogens with zero attached hydrogens (tertiary/aromatic N) is 1. The minimum Gasteiger partial charge on any atom is -0.453 e. The van der Waals surface area contributed by atoms with Gasteiger partial charge in [-0.05, 0) is 28.1 Å². The van der Waals surface area contributed by atoms with Gasteiger partial charge in [-0.25, -0.2) is 10.4 Å². The van der Waals surface area contributed by atoms with Gasteiger partial charge in [0.15, 0.2) is 4.67 Å². The minimum absolute atomic E-state index is 0.0916. The number of aromatic nitrogens is 1. The van der Waals surface area contributed by atoms with Crippen molar-refractivity contribution in [2.24, 2.45) is 5.84 Å². The molecule has 3 rings (SSSR count). The first-order valence-corrected chi connectivity index (χ1v) is 8.14. The molecular weight excluding hydrogens is 350 g/mol. The van der Waals surface area contributed by atoms with Crippen LogP contribution in [0.25, 0.3) is 11.3 Å². The monoisotopic (exact) mass is 363 g/mol. The highest BCUT2D eigenvalue weighted by molar-refractivity contribution is 9.10. The maximum absolute atomic E-state index is 5.63. The Morgan fingerprint density at radius 3 is 2.71 bits per heavy atom. The summed E-state index contributed by atoms with van der Waals surface area (Å²) in [5.74, 6) is 6.42. The van der Waals surface area contributed by atoms with E-state index in [0.717, 1.165) is 22.0 Å². The van der Waals surface area contributed by atoms with Gasteiger partial charge in [-0.15, -0.1) is 11.3 Å². The van der Waals surface area contributed by atoms with E-state index in [1.165, 1.54) is 0 Å². The van der Waals surface area contributed by atoms with E-state index in [0.29, 0.717) is 11.1 Å². The van der Waals surface area contributed by atoms with Crippen LogP contribution in [-0.2, 0) is 6.42 Å². The molecule has 3 aromatic rings. The molecule has 0 spiro atoms. The van der Waals surface area contributed by atoms with Crippen LogP contribution in [0.5, 0.6) is 0 Å².